The molecule has 0 spiro atoms. The molecule has 9 nitrogen and oxygen atoms in total. The van der Waals surface area contributed by atoms with Crippen LogP contribution in [-0.2, 0) is 9.53 Å². The van der Waals surface area contributed by atoms with Gasteiger partial charge in [0.25, 0.3) is 5.91 Å². The number of carbonyl (C=O) groups excluding carboxylic acids is 2. The first-order chi connectivity index (χ1) is 16.7. The Morgan fingerprint density at radius 1 is 1.17 bits per heavy atom. The van der Waals surface area contributed by atoms with Gasteiger partial charge in [0.05, 0.1) is 37.5 Å². The summed E-state index contributed by atoms with van der Waals surface area (Å²) in [6.07, 6.45) is 0.550. The third-order valence-electron chi connectivity index (χ3n) is 5.42. The van der Waals surface area contributed by atoms with E-state index in [0.29, 0.717) is 24.5 Å². The Hall–Kier alpha value is -3.11. The van der Waals surface area contributed by atoms with Crippen molar-refractivity contribution in [3.63, 3.8) is 0 Å². The van der Waals surface area contributed by atoms with Crippen LogP contribution < -0.4 is 14.8 Å². The second-order valence-electron chi connectivity index (χ2n) is 9.19. The van der Waals surface area contributed by atoms with E-state index in [-0.39, 0.29) is 31.1 Å². The summed E-state index contributed by atoms with van der Waals surface area (Å²) >= 11 is 1.58. The summed E-state index contributed by atoms with van der Waals surface area (Å²) < 4.78 is 16.0. The van der Waals surface area contributed by atoms with Crippen molar-refractivity contribution in [2.24, 2.45) is 5.10 Å². The average Bonchev–Trinajstić information content (AvgIpc) is 3.50. The molecule has 0 bridgehead atoms. The minimum absolute atomic E-state index is 0.129. The monoisotopic (exact) mass is 502 g/mol. The zero-order valence-corrected chi connectivity index (χ0v) is 22.0. The van der Waals surface area contributed by atoms with E-state index in [1.54, 1.807) is 32.7 Å². The summed E-state index contributed by atoms with van der Waals surface area (Å²) in [6.45, 7) is 6.15. The van der Waals surface area contributed by atoms with Crippen molar-refractivity contribution in [2.75, 3.05) is 41.0 Å². The molecule has 1 aliphatic heterocycles. The van der Waals surface area contributed by atoms with Gasteiger partial charge in [0.15, 0.2) is 11.5 Å². The van der Waals surface area contributed by atoms with Crippen LogP contribution in [0.4, 0.5) is 4.79 Å². The molecule has 0 unspecified atom stereocenters. The normalized spacial score (nSPS) is 15.5. The molecular formula is C25H34N4O5S. The Labute approximate surface area is 210 Å². The van der Waals surface area contributed by atoms with E-state index in [4.69, 9.17) is 19.3 Å². The van der Waals surface area contributed by atoms with Crippen LogP contribution in [0, 0.1) is 0 Å². The molecule has 190 valence electrons. The quantitative estimate of drug-likeness (QED) is 0.562. The summed E-state index contributed by atoms with van der Waals surface area (Å²) in [6, 6.07) is 8.88. The second-order valence-corrected chi connectivity index (χ2v) is 10.1. The number of carbonyl (C=O) groups is 2. The first-order valence-corrected chi connectivity index (χ1v) is 12.3. The van der Waals surface area contributed by atoms with Gasteiger partial charge in [-0.05, 0) is 49.9 Å². The van der Waals surface area contributed by atoms with Gasteiger partial charge >= 0.3 is 6.03 Å². The number of thiophene rings is 1. The number of ether oxygens (including phenoxy) is 3. The van der Waals surface area contributed by atoms with Crippen LogP contribution in [0.1, 0.15) is 43.7 Å². The van der Waals surface area contributed by atoms with E-state index in [9.17, 15) is 9.59 Å². The zero-order valence-electron chi connectivity index (χ0n) is 21.2. The number of hydrazone groups is 1. The lowest BCUT2D eigenvalue weighted by Gasteiger charge is -2.30. The zero-order chi connectivity index (χ0) is 25.6. The van der Waals surface area contributed by atoms with Crippen LogP contribution in [-0.4, -0.2) is 74.1 Å². The van der Waals surface area contributed by atoms with E-state index >= 15 is 0 Å². The number of benzene rings is 1. The summed E-state index contributed by atoms with van der Waals surface area (Å²) in [5.74, 6) is 0.904. The van der Waals surface area contributed by atoms with E-state index in [2.05, 4.69) is 5.32 Å². The average molecular weight is 503 g/mol. The molecular weight excluding hydrogens is 468 g/mol. The fraction of sp³-hybridized carbons (Fsp3) is 0.480. The molecule has 0 saturated carbocycles. The molecule has 3 amide bonds. The molecule has 0 radical (unpaired) electrons. The molecule has 1 N–H and O–H groups in total. The number of rotatable bonds is 9. The minimum atomic E-state index is -0.439. The van der Waals surface area contributed by atoms with Crippen molar-refractivity contribution in [3.05, 3.63) is 46.2 Å². The Morgan fingerprint density at radius 3 is 2.51 bits per heavy atom. The number of urea groups is 1. The number of nitrogens with one attached hydrogen (secondary N) is 1. The van der Waals surface area contributed by atoms with Crippen molar-refractivity contribution in [1.29, 1.82) is 0 Å². The van der Waals surface area contributed by atoms with Gasteiger partial charge < -0.3 is 24.4 Å². The van der Waals surface area contributed by atoms with E-state index in [0.717, 1.165) is 16.2 Å². The van der Waals surface area contributed by atoms with Gasteiger partial charge in [-0.2, -0.15) is 5.10 Å². The molecule has 0 aliphatic carbocycles. The van der Waals surface area contributed by atoms with Crippen molar-refractivity contribution < 1.29 is 23.8 Å². The lowest BCUT2D eigenvalue weighted by atomic mass is 10.0. The smallest absolute Gasteiger partial charge is 0.318 e. The molecule has 35 heavy (non-hydrogen) atoms. The van der Waals surface area contributed by atoms with Crippen LogP contribution in [0.2, 0.25) is 0 Å². The third kappa shape index (κ3) is 6.73. The highest BCUT2D eigenvalue weighted by Crippen LogP contribution is 2.38. The SMILES string of the molecule is COCCN(CC(=O)N1N=C(c2cccs2)C[C@@H]1c1ccc(OC)c(OC)c1)C(=O)NC(C)(C)C. The maximum Gasteiger partial charge on any atom is 0.318 e. The number of hydrogen-bond donors (Lipinski definition) is 1. The summed E-state index contributed by atoms with van der Waals surface area (Å²) in [5, 5.41) is 11.1. The Kier molecular flexibility index (Phi) is 8.74. The van der Waals surface area contributed by atoms with Gasteiger partial charge in [0.1, 0.15) is 6.54 Å². The number of nitrogens with zero attached hydrogens (tertiary/aromatic N) is 3. The Balaban J connectivity index is 1.90. The predicted molar refractivity (Wildman–Crippen MR) is 136 cm³/mol. The van der Waals surface area contributed by atoms with E-state index in [1.807, 2.05) is 56.5 Å². The molecule has 0 fully saturated rings. The number of amides is 3. The van der Waals surface area contributed by atoms with Crippen molar-refractivity contribution >= 4 is 29.0 Å². The molecule has 1 aromatic heterocycles. The highest BCUT2D eigenvalue weighted by atomic mass is 32.1. The van der Waals surface area contributed by atoms with Crippen LogP contribution in [0.15, 0.2) is 40.8 Å². The Bertz CT molecular complexity index is 1050. The topological polar surface area (TPSA) is 92.7 Å². The summed E-state index contributed by atoms with van der Waals surface area (Å²) in [4.78, 5) is 28.9. The summed E-state index contributed by atoms with van der Waals surface area (Å²) in [7, 11) is 4.72. The van der Waals surface area contributed by atoms with Crippen LogP contribution in [0.3, 0.4) is 0 Å². The largest absolute Gasteiger partial charge is 0.493 e. The predicted octanol–water partition coefficient (Wildman–Crippen LogP) is 3.90. The van der Waals surface area contributed by atoms with Crippen LogP contribution >= 0.6 is 11.3 Å². The van der Waals surface area contributed by atoms with Gasteiger partial charge in [-0.25, -0.2) is 9.80 Å². The maximum atomic E-state index is 13.6. The van der Waals surface area contributed by atoms with Gasteiger partial charge in [-0.1, -0.05) is 12.1 Å². The van der Waals surface area contributed by atoms with Crippen molar-refractivity contribution in [1.82, 2.24) is 15.2 Å². The number of hydrogen-bond acceptors (Lipinski definition) is 7. The van der Waals surface area contributed by atoms with Gasteiger partial charge in [-0.3, -0.25) is 4.79 Å². The molecule has 1 atom stereocenters. The van der Waals surface area contributed by atoms with Gasteiger partial charge in [0, 0.05) is 25.6 Å². The molecule has 2 heterocycles. The van der Waals surface area contributed by atoms with Crippen molar-refractivity contribution in [3.8, 4) is 11.5 Å². The molecule has 10 heteroatoms. The summed E-state index contributed by atoms with van der Waals surface area (Å²) in [5.41, 5.74) is 1.26. The highest BCUT2D eigenvalue weighted by Gasteiger charge is 2.35. The minimum Gasteiger partial charge on any atom is -0.493 e. The number of methoxy groups -OCH3 is 3. The van der Waals surface area contributed by atoms with Gasteiger partial charge in [0.2, 0.25) is 0 Å². The standard InChI is InChI=1S/C25H34N4O5S/c1-25(2,3)26-24(31)28(11-12-32-4)16-23(30)29-19(15-18(27-29)22-8-7-13-35-22)17-9-10-20(33-5)21(14-17)34-6/h7-10,13-14,19H,11-12,15-16H2,1-6H3,(H,26,31)/t19-/m1/s1. The third-order valence-corrected chi connectivity index (χ3v) is 6.34. The van der Waals surface area contributed by atoms with Crippen molar-refractivity contribution in [2.45, 2.75) is 38.8 Å². The maximum absolute atomic E-state index is 13.6. The van der Waals surface area contributed by atoms with E-state index < -0.39 is 5.54 Å². The lowest BCUT2D eigenvalue weighted by Crippen LogP contribution is -2.52. The first kappa shape index (κ1) is 26.5. The fourth-order valence-corrected chi connectivity index (χ4v) is 4.46. The van der Waals surface area contributed by atoms with E-state index in [1.165, 1.54) is 9.91 Å². The van der Waals surface area contributed by atoms with Crippen LogP contribution in [0.25, 0.3) is 0 Å². The fourth-order valence-electron chi connectivity index (χ4n) is 3.74. The van der Waals surface area contributed by atoms with Crippen LogP contribution in [0.5, 0.6) is 11.5 Å². The van der Waals surface area contributed by atoms with Gasteiger partial charge in [-0.15, -0.1) is 11.3 Å². The molecule has 3 rings (SSSR count). The lowest BCUT2D eigenvalue weighted by molar-refractivity contribution is -0.133. The first-order valence-electron chi connectivity index (χ1n) is 11.4. The molecule has 1 aromatic carbocycles. The Morgan fingerprint density at radius 2 is 1.91 bits per heavy atom. The second kappa shape index (κ2) is 11.5. The molecule has 0 saturated heterocycles. The molecule has 2 aromatic rings. The molecule has 1 aliphatic rings. The highest BCUT2D eigenvalue weighted by molar-refractivity contribution is 7.12.